The van der Waals surface area contributed by atoms with E-state index in [1.54, 1.807) is 20.8 Å². The summed E-state index contributed by atoms with van der Waals surface area (Å²) in [4.78, 5) is 11.3. The molecule has 0 aliphatic carbocycles. The molecule has 1 aromatic carbocycles. The van der Waals surface area contributed by atoms with Gasteiger partial charge in [0.05, 0.1) is 4.90 Å². The van der Waals surface area contributed by atoms with Gasteiger partial charge in [-0.2, -0.15) is 0 Å². The molecule has 0 radical (unpaired) electrons. The normalized spacial score (nSPS) is 11.3. The fraction of sp³-hybridized carbons (Fsp3) is 0.417. The van der Waals surface area contributed by atoms with Gasteiger partial charge in [0.2, 0.25) is 10.0 Å². The van der Waals surface area contributed by atoms with Gasteiger partial charge in [-0.25, -0.2) is 13.1 Å². The lowest BCUT2D eigenvalue weighted by molar-refractivity contribution is -0.134. The number of rotatable bonds is 5. The molecule has 0 amide bonds. The van der Waals surface area contributed by atoms with Crippen molar-refractivity contribution in [2.24, 2.45) is 0 Å². The van der Waals surface area contributed by atoms with E-state index in [9.17, 15) is 13.2 Å². The molecule has 0 saturated carbocycles. The predicted octanol–water partition coefficient (Wildman–Crippen LogP) is 1.61. The van der Waals surface area contributed by atoms with Crippen LogP contribution in [0.25, 0.3) is 0 Å². The van der Waals surface area contributed by atoms with Crippen LogP contribution < -0.4 is 9.46 Å². The number of carbonyl (C=O) groups excluding carboxylic acids is 1. The number of nitrogens with one attached hydrogen (secondary N) is 1. The Morgan fingerprint density at radius 2 is 2.00 bits per heavy atom. The molecule has 1 aromatic rings. The minimum absolute atomic E-state index is 0.165. The van der Waals surface area contributed by atoms with Crippen molar-refractivity contribution in [2.75, 3.05) is 6.54 Å². The average Bonchev–Trinajstić information content (AvgIpc) is 2.31. The van der Waals surface area contributed by atoms with E-state index in [0.29, 0.717) is 17.9 Å². The van der Waals surface area contributed by atoms with Crippen molar-refractivity contribution in [3.05, 3.63) is 23.8 Å². The van der Waals surface area contributed by atoms with Crippen LogP contribution in [0.4, 0.5) is 0 Å². The second-order valence-electron chi connectivity index (χ2n) is 3.76. The minimum Gasteiger partial charge on any atom is -0.426 e. The number of aryl methyl sites for hydroxylation is 1. The van der Waals surface area contributed by atoms with E-state index in [0.717, 1.165) is 0 Å². The molecule has 0 heterocycles. The maximum atomic E-state index is 11.8. The Hall–Kier alpha value is -1.40. The van der Waals surface area contributed by atoms with E-state index >= 15 is 0 Å². The standard InChI is InChI=1S/C12H17NO4S/c1-4-12(14)17-11-7-6-10(8-9(11)3)18(15,16)13-5-2/h6-8,13H,4-5H2,1-3H3. The van der Waals surface area contributed by atoms with Crippen molar-refractivity contribution in [1.29, 1.82) is 0 Å². The Morgan fingerprint density at radius 3 is 2.50 bits per heavy atom. The summed E-state index contributed by atoms with van der Waals surface area (Å²) in [5.74, 6) is 0.0395. The Morgan fingerprint density at radius 1 is 1.33 bits per heavy atom. The second-order valence-corrected chi connectivity index (χ2v) is 5.52. The molecule has 0 atom stereocenters. The molecule has 100 valence electrons. The number of sulfonamides is 1. The summed E-state index contributed by atoms with van der Waals surface area (Å²) in [6.45, 7) is 5.43. The van der Waals surface area contributed by atoms with Gasteiger partial charge in [0.1, 0.15) is 5.75 Å². The van der Waals surface area contributed by atoms with Crippen molar-refractivity contribution >= 4 is 16.0 Å². The summed E-state index contributed by atoms with van der Waals surface area (Å²) in [5, 5.41) is 0. The molecular formula is C12H17NO4S. The highest BCUT2D eigenvalue weighted by molar-refractivity contribution is 7.89. The lowest BCUT2D eigenvalue weighted by Gasteiger charge is -2.09. The van der Waals surface area contributed by atoms with Crippen molar-refractivity contribution in [1.82, 2.24) is 4.72 Å². The van der Waals surface area contributed by atoms with Crippen LogP contribution in [0.3, 0.4) is 0 Å². The highest BCUT2D eigenvalue weighted by atomic mass is 32.2. The van der Waals surface area contributed by atoms with Gasteiger partial charge in [-0.15, -0.1) is 0 Å². The quantitative estimate of drug-likeness (QED) is 0.652. The Kier molecular flexibility index (Phi) is 4.86. The molecule has 6 heteroatoms. The molecule has 0 bridgehead atoms. The van der Waals surface area contributed by atoms with Crippen LogP contribution in [0.5, 0.6) is 5.75 Å². The highest BCUT2D eigenvalue weighted by Gasteiger charge is 2.14. The summed E-state index contributed by atoms with van der Waals surface area (Å²) in [5.41, 5.74) is 0.607. The third-order valence-electron chi connectivity index (χ3n) is 2.30. The summed E-state index contributed by atoms with van der Waals surface area (Å²) >= 11 is 0. The van der Waals surface area contributed by atoms with Crippen LogP contribution in [0, 0.1) is 6.92 Å². The molecule has 5 nitrogen and oxygen atoms in total. The largest absolute Gasteiger partial charge is 0.426 e. The summed E-state index contributed by atoms with van der Waals surface area (Å²) in [6, 6.07) is 4.40. The molecule has 0 aliphatic heterocycles. The van der Waals surface area contributed by atoms with Gasteiger partial charge in [-0.05, 0) is 30.7 Å². The van der Waals surface area contributed by atoms with Crippen LogP contribution in [-0.2, 0) is 14.8 Å². The first kappa shape index (κ1) is 14.7. The number of benzene rings is 1. The molecule has 0 aliphatic rings. The Balaban J connectivity index is 3.03. The third kappa shape index (κ3) is 3.54. The van der Waals surface area contributed by atoms with Crippen molar-refractivity contribution < 1.29 is 17.9 Å². The molecule has 0 aromatic heterocycles. The maximum absolute atomic E-state index is 11.8. The Bertz CT molecular complexity index is 537. The summed E-state index contributed by atoms with van der Waals surface area (Å²) in [7, 11) is -3.47. The third-order valence-corrected chi connectivity index (χ3v) is 3.85. The van der Waals surface area contributed by atoms with Crippen LogP contribution in [0.15, 0.2) is 23.1 Å². The first-order valence-corrected chi connectivity index (χ1v) is 7.20. The van der Waals surface area contributed by atoms with Crippen molar-refractivity contribution in [3.63, 3.8) is 0 Å². The van der Waals surface area contributed by atoms with Gasteiger partial charge < -0.3 is 4.74 Å². The van der Waals surface area contributed by atoms with Gasteiger partial charge in [0.15, 0.2) is 0 Å². The number of carbonyl (C=O) groups is 1. The fourth-order valence-corrected chi connectivity index (χ4v) is 2.50. The number of ether oxygens (including phenoxy) is 1. The van der Waals surface area contributed by atoms with Gasteiger partial charge in [0.25, 0.3) is 0 Å². The van der Waals surface area contributed by atoms with E-state index in [1.165, 1.54) is 18.2 Å². The van der Waals surface area contributed by atoms with Crippen LogP contribution >= 0.6 is 0 Å². The molecule has 1 N–H and O–H groups in total. The lowest BCUT2D eigenvalue weighted by Crippen LogP contribution is -2.23. The highest BCUT2D eigenvalue weighted by Crippen LogP contribution is 2.22. The molecule has 0 saturated heterocycles. The first-order chi connectivity index (χ1) is 8.40. The van der Waals surface area contributed by atoms with E-state index < -0.39 is 10.0 Å². The smallest absolute Gasteiger partial charge is 0.310 e. The number of hydrogen-bond acceptors (Lipinski definition) is 4. The van der Waals surface area contributed by atoms with Crippen LogP contribution in [-0.4, -0.2) is 20.9 Å². The SMILES string of the molecule is CCNS(=O)(=O)c1ccc(OC(=O)CC)c(C)c1. The van der Waals surface area contributed by atoms with E-state index in [-0.39, 0.29) is 17.3 Å². The Labute approximate surface area is 107 Å². The van der Waals surface area contributed by atoms with E-state index in [4.69, 9.17) is 4.74 Å². The zero-order valence-corrected chi connectivity index (χ0v) is 11.5. The van der Waals surface area contributed by atoms with E-state index in [2.05, 4.69) is 4.72 Å². The maximum Gasteiger partial charge on any atom is 0.310 e. The van der Waals surface area contributed by atoms with Gasteiger partial charge in [-0.1, -0.05) is 13.8 Å². The number of esters is 1. The zero-order valence-electron chi connectivity index (χ0n) is 10.7. The topological polar surface area (TPSA) is 72.5 Å². The van der Waals surface area contributed by atoms with Crippen molar-refractivity contribution in [3.8, 4) is 5.75 Å². The summed E-state index contributed by atoms with van der Waals surface area (Å²) < 4.78 is 31.0. The van der Waals surface area contributed by atoms with E-state index in [1.807, 2.05) is 0 Å². The van der Waals surface area contributed by atoms with Crippen molar-refractivity contribution in [2.45, 2.75) is 32.1 Å². The monoisotopic (exact) mass is 271 g/mol. The molecule has 0 fully saturated rings. The molecule has 1 rings (SSSR count). The minimum atomic E-state index is -3.47. The average molecular weight is 271 g/mol. The molecule has 0 unspecified atom stereocenters. The molecular weight excluding hydrogens is 254 g/mol. The lowest BCUT2D eigenvalue weighted by atomic mass is 10.2. The van der Waals surface area contributed by atoms with Crippen LogP contribution in [0.2, 0.25) is 0 Å². The predicted molar refractivity (Wildman–Crippen MR) is 68.0 cm³/mol. The second kappa shape index (κ2) is 5.97. The zero-order chi connectivity index (χ0) is 13.8. The number of hydrogen-bond donors (Lipinski definition) is 1. The molecule has 18 heavy (non-hydrogen) atoms. The fourth-order valence-electron chi connectivity index (χ4n) is 1.37. The molecule has 0 spiro atoms. The van der Waals surface area contributed by atoms with Gasteiger partial charge >= 0.3 is 5.97 Å². The van der Waals surface area contributed by atoms with Gasteiger partial charge in [0, 0.05) is 13.0 Å². The first-order valence-electron chi connectivity index (χ1n) is 5.71. The van der Waals surface area contributed by atoms with Gasteiger partial charge in [-0.3, -0.25) is 4.79 Å². The van der Waals surface area contributed by atoms with Crippen LogP contribution in [0.1, 0.15) is 25.8 Å². The summed E-state index contributed by atoms with van der Waals surface area (Å²) in [6.07, 6.45) is 0.275.